The Balaban J connectivity index is 2.41. The summed E-state index contributed by atoms with van der Waals surface area (Å²) >= 11 is 0. The van der Waals surface area contributed by atoms with E-state index in [0.717, 1.165) is 0 Å². The van der Waals surface area contributed by atoms with Gasteiger partial charge in [0.25, 0.3) is 0 Å². The maximum atomic E-state index is 11.8. The number of nitrogens with zero attached hydrogens (tertiary/aromatic N) is 1. The number of piperidine rings is 1. The first-order valence-electron chi connectivity index (χ1n) is 5.54. The van der Waals surface area contributed by atoms with E-state index in [9.17, 15) is 9.90 Å². The molecule has 0 aromatic heterocycles. The molecule has 0 saturated carbocycles. The number of rotatable bonds is 0. The van der Waals surface area contributed by atoms with Gasteiger partial charge < -0.3 is 9.84 Å². The molecule has 1 N–H and O–H groups in total. The minimum absolute atomic E-state index is 0.328. The third-order valence-electron chi connectivity index (χ3n) is 3.66. The summed E-state index contributed by atoms with van der Waals surface area (Å²) in [6.45, 7) is 5.74. The van der Waals surface area contributed by atoms with Gasteiger partial charge in [0.05, 0.1) is 23.8 Å². The lowest BCUT2D eigenvalue weighted by Gasteiger charge is -2.52. The molecule has 2 heterocycles. The lowest BCUT2D eigenvalue weighted by Crippen LogP contribution is -2.64. The molecule has 4 heteroatoms. The minimum atomic E-state index is -0.739. The Bertz CT molecular complexity index is 339. The molecule has 90 valence electrons. The van der Waals surface area contributed by atoms with Crippen molar-refractivity contribution in [3.63, 3.8) is 0 Å². The second kappa shape index (κ2) is 3.00. The van der Waals surface area contributed by atoms with Crippen LogP contribution in [-0.2, 0) is 4.74 Å². The summed E-state index contributed by atoms with van der Waals surface area (Å²) in [5.41, 5.74) is -1.62. The molecule has 4 nitrogen and oxygen atoms in total. The first-order valence-corrected chi connectivity index (χ1v) is 5.54. The van der Waals surface area contributed by atoms with Gasteiger partial charge in [-0.05, 0) is 20.8 Å². The maximum absolute atomic E-state index is 11.8. The van der Waals surface area contributed by atoms with Gasteiger partial charge >= 0.3 is 6.09 Å². The van der Waals surface area contributed by atoms with Crippen LogP contribution in [0.4, 0.5) is 4.79 Å². The van der Waals surface area contributed by atoms with Gasteiger partial charge in [0.1, 0.15) is 0 Å². The summed E-state index contributed by atoms with van der Waals surface area (Å²) in [6.07, 6.45) is 4.77. The molecule has 3 atom stereocenters. The Morgan fingerprint density at radius 1 is 1.25 bits per heavy atom. The number of hydrogen-bond donors (Lipinski definition) is 1. The fourth-order valence-corrected chi connectivity index (χ4v) is 3.48. The molecule has 2 bridgehead atoms. The first-order chi connectivity index (χ1) is 7.22. The van der Waals surface area contributed by atoms with Crippen LogP contribution in [0.25, 0.3) is 0 Å². The largest absolute Gasteiger partial charge is 0.453 e. The number of ether oxygens (including phenoxy) is 1. The smallest absolute Gasteiger partial charge is 0.410 e. The van der Waals surface area contributed by atoms with Crippen molar-refractivity contribution in [2.75, 3.05) is 7.11 Å². The molecule has 2 aliphatic rings. The van der Waals surface area contributed by atoms with Crippen LogP contribution in [0.2, 0.25) is 0 Å². The summed E-state index contributed by atoms with van der Waals surface area (Å²) in [6, 6.07) is 0. The average Bonchev–Trinajstić information content (AvgIpc) is 2.29. The highest BCUT2D eigenvalue weighted by atomic mass is 16.5. The molecule has 16 heavy (non-hydrogen) atoms. The number of fused-ring (bicyclic) bond motifs is 2. The highest BCUT2D eigenvalue weighted by molar-refractivity contribution is 5.72. The van der Waals surface area contributed by atoms with Gasteiger partial charge in [0, 0.05) is 12.8 Å². The SMILES string of the molecule is COC(=O)N1[C@@]2(C)C=C[C@]1(C)C[C@](C)(O)C2. The van der Waals surface area contributed by atoms with Gasteiger partial charge in [-0.15, -0.1) is 0 Å². The molecular formula is C12H19NO3. The number of carbonyl (C=O) groups excluding carboxylic acids is 1. The highest BCUT2D eigenvalue weighted by Crippen LogP contribution is 2.49. The first kappa shape index (κ1) is 11.5. The summed E-state index contributed by atoms with van der Waals surface area (Å²) in [4.78, 5) is 13.6. The molecule has 1 saturated heterocycles. The van der Waals surface area contributed by atoms with Crippen LogP contribution < -0.4 is 0 Å². The second-order valence-corrected chi connectivity index (χ2v) is 5.70. The summed E-state index contributed by atoms with van der Waals surface area (Å²) in [5.74, 6) is 0. The number of amides is 1. The fourth-order valence-electron chi connectivity index (χ4n) is 3.48. The second-order valence-electron chi connectivity index (χ2n) is 5.70. The van der Waals surface area contributed by atoms with Crippen molar-refractivity contribution in [1.82, 2.24) is 4.90 Å². The molecule has 2 aliphatic heterocycles. The Labute approximate surface area is 95.9 Å². The van der Waals surface area contributed by atoms with Gasteiger partial charge in [0.15, 0.2) is 0 Å². The summed E-state index contributed by atoms with van der Waals surface area (Å²) < 4.78 is 4.83. The number of methoxy groups -OCH3 is 1. The van der Waals surface area contributed by atoms with Gasteiger partial charge in [-0.3, -0.25) is 4.90 Å². The molecule has 0 spiro atoms. The van der Waals surface area contributed by atoms with Crippen LogP contribution in [0.1, 0.15) is 33.6 Å². The van der Waals surface area contributed by atoms with Gasteiger partial charge in [0.2, 0.25) is 0 Å². The average molecular weight is 225 g/mol. The lowest BCUT2D eigenvalue weighted by molar-refractivity contribution is -0.0828. The Morgan fingerprint density at radius 2 is 1.69 bits per heavy atom. The molecule has 0 radical (unpaired) electrons. The molecule has 1 fully saturated rings. The maximum Gasteiger partial charge on any atom is 0.410 e. The van der Waals surface area contributed by atoms with Crippen molar-refractivity contribution in [2.24, 2.45) is 0 Å². The minimum Gasteiger partial charge on any atom is -0.453 e. The van der Waals surface area contributed by atoms with Gasteiger partial charge in [-0.25, -0.2) is 4.79 Å². The van der Waals surface area contributed by atoms with Crippen LogP contribution in [0, 0.1) is 0 Å². The van der Waals surface area contributed by atoms with E-state index in [0.29, 0.717) is 12.8 Å². The summed E-state index contributed by atoms with van der Waals surface area (Å²) in [5, 5.41) is 10.2. The Kier molecular flexibility index (Phi) is 2.15. The topological polar surface area (TPSA) is 49.8 Å². The van der Waals surface area contributed by atoms with Gasteiger partial charge in [-0.2, -0.15) is 0 Å². The monoisotopic (exact) mass is 225 g/mol. The molecule has 2 rings (SSSR count). The van der Waals surface area contributed by atoms with Crippen molar-refractivity contribution in [1.29, 1.82) is 0 Å². The fraction of sp³-hybridized carbons (Fsp3) is 0.750. The molecular weight excluding hydrogens is 206 g/mol. The van der Waals surface area contributed by atoms with Crippen molar-refractivity contribution >= 4 is 6.09 Å². The molecule has 0 aliphatic carbocycles. The third-order valence-corrected chi connectivity index (χ3v) is 3.66. The van der Waals surface area contributed by atoms with Crippen molar-refractivity contribution in [2.45, 2.75) is 50.3 Å². The Morgan fingerprint density at radius 3 is 2.06 bits per heavy atom. The van der Waals surface area contributed by atoms with Crippen LogP contribution >= 0.6 is 0 Å². The van der Waals surface area contributed by atoms with E-state index in [-0.39, 0.29) is 6.09 Å². The van der Waals surface area contributed by atoms with Crippen LogP contribution in [0.5, 0.6) is 0 Å². The van der Waals surface area contributed by atoms with Crippen LogP contribution in [0.3, 0.4) is 0 Å². The van der Waals surface area contributed by atoms with Crippen molar-refractivity contribution in [3.05, 3.63) is 12.2 Å². The molecule has 1 amide bonds. The standard InChI is InChI=1S/C12H19NO3/c1-10-5-6-11(2,8-12(3,15)7-10)13(10)9(14)16-4/h5-6,15H,7-8H2,1-4H3/t10-,11+,12+. The van der Waals surface area contributed by atoms with E-state index in [1.54, 1.807) is 4.90 Å². The zero-order valence-corrected chi connectivity index (χ0v) is 10.3. The Hall–Kier alpha value is -1.03. The zero-order valence-electron chi connectivity index (χ0n) is 10.3. The molecule has 0 unspecified atom stereocenters. The van der Waals surface area contributed by atoms with E-state index < -0.39 is 16.7 Å². The van der Waals surface area contributed by atoms with Crippen molar-refractivity contribution < 1.29 is 14.6 Å². The van der Waals surface area contributed by atoms with Gasteiger partial charge in [-0.1, -0.05) is 12.2 Å². The third kappa shape index (κ3) is 1.44. The molecule has 0 aromatic carbocycles. The number of carbonyl (C=O) groups is 1. The van der Waals surface area contributed by atoms with Crippen LogP contribution in [-0.4, -0.2) is 39.9 Å². The van der Waals surface area contributed by atoms with E-state index in [1.165, 1.54) is 7.11 Å². The predicted octanol–water partition coefficient (Wildman–Crippen LogP) is 1.69. The van der Waals surface area contributed by atoms with E-state index >= 15 is 0 Å². The predicted molar refractivity (Wildman–Crippen MR) is 60.1 cm³/mol. The highest BCUT2D eigenvalue weighted by Gasteiger charge is 2.57. The van der Waals surface area contributed by atoms with E-state index in [2.05, 4.69) is 0 Å². The number of hydrogen-bond acceptors (Lipinski definition) is 3. The molecule has 0 aromatic rings. The lowest BCUT2D eigenvalue weighted by atomic mass is 9.75. The normalized spacial score (nSPS) is 45.9. The number of aliphatic hydroxyl groups is 1. The quantitative estimate of drug-likeness (QED) is 0.638. The van der Waals surface area contributed by atoms with E-state index in [4.69, 9.17) is 4.74 Å². The van der Waals surface area contributed by atoms with Crippen molar-refractivity contribution in [3.8, 4) is 0 Å². The zero-order chi connectivity index (χ0) is 12.2. The van der Waals surface area contributed by atoms with Crippen LogP contribution in [0.15, 0.2) is 12.2 Å². The van der Waals surface area contributed by atoms with E-state index in [1.807, 2.05) is 32.9 Å². The summed E-state index contributed by atoms with van der Waals surface area (Å²) in [7, 11) is 1.39.